The third-order valence-corrected chi connectivity index (χ3v) is 11.0. The van der Waals surface area contributed by atoms with Crippen molar-refractivity contribution in [1.29, 1.82) is 0 Å². The molecule has 3 aromatic rings. The number of sulfonamides is 1. The summed E-state index contributed by atoms with van der Waals surface area (Å²) in [7, 11) is -0.541. The number of para-hydroxylation sites is 1. The number of ether oxygens (including phenoxy) is 1. The number of hydrogen-bond acceptors (Lipinski definition) is 8. The van der Waals surface area contributed by atoms with Crippen molar-refractivity contribution in [3.05, 3.63) is 83.4 Å². The molecule has 268 valence electrons. The van der Waals surface area contributed by atoms with Crippen LogP contribution in [0.15, 0.2) is 66.7 Å². The average Bonchev–Trinajstić information content (AvgIpc) is 3.75. The smallest absolute Gasteiger partial charge is 0.416 e. The Morgan fingerprint density at radius 2 is 1.71 bits per heavy atom. The predicted molar refractivity (Wildman–Crippen MR) is 184 cm³/mol. The molecule has 1 saturated carbocycles. The Labute approximate surface area is 286 Å². The maximum atomic E-state index is 13.9. The second-order valence-electron chi connectivity index (χ2n) is 13.3. The molecule has 3 N–H and O–H groups in total. The highest BCUT2D eigenvalue weighted by atomic mass is 32.2. The van der Waals surface area contributed by atoms with E-state index in [0.29, 0.717) is 35.5 Å². The number of anilines is 2. The van der Waals surface area contributed by atoms with Gasteiger partial charge in [0.25, 0.3) is 5.91 Å². The number of benzene rings is 2. The van der Waals surface area contributed by atoms with E-state index in [1.807, 2.05) is 18.0 Å². The number of amides is 1. The molecule has 0 spiro atoms. The molecule has 4 atom stereocenters. The summed E-state index contributed by atoms with van der Waals surface area (Å²) < 4.78 is 72.8. The fourth-order valence-corrected chi connectivity index (χ4v) is 6.28. The summed E-state index contributed by atoms with van der Waals surface area (Å²) in [5.41, 5.74) is -1.94. The third-order valence-electron chi connectivity index (χ3n) is 8.82. The highest BCUT2D eigenvalue weighted by molar-refractivity contribution is 7.93. The Balaban J connectivity index is 1.59. The Morgan fingerprint density at radius 3 is 2.33 bits per heavy atom. The van der Waals surface area contributed by atoms with Gasteiger partial charge in [0.05, 0.1) is 22.5 Å². The van der Waals surface area contributed by atoms with Crippen molar-refractivity contribution in [2.45, 2.75) is 63.7 Å². The predicted octanol–water partition coefficient (Wildman–Crippen LogP) is 5.09. The van der Waals surface area contributed by atoms with Crippen molar-refractivity contribution in [3.63, 3.8) is 0 Å². The minimum Gasteiger partial charge on any atom is -0.491 e. The van der Waals surface area contributed by atoms with E-state index >= 15 is 0 Å². The molecule has 4 rings (SSSR count). The number of alkyl halides is 3. The number of nitrogens with zero attached hydrogens (tertiary/aromatic N) is 3. The van der Waals surface area contributed by atoms with E-state index in [1.54, 1.807) is 50.2 Å². The highest BCUT2D eigenvalue weighted by Gasteiger charge is 2.36. The van der Waals surface area contributed by atoms with Gasteiger partial charge < -0.3 is 25.4 Å². The van der Waals surface area contributed by atoms with E-state index < -0.39 is 44.6 Å². The molecule has 2 aromatic carbocycles. The lowest BCUT2D eigenvalue weighted by Crippen LogP contribution is -2.58. The molecule has 0 radical (unpaired) electrons. The van der Waals surface area contributed by atoms with Crippen LogP contribution in [0.3, 0.4) is 0 Å². The lowest BCUT2D eigenvalue weighted by atomic mass is 9.96. The number of aliphatic hydroxyl groups is 1. The van der Waals surface area contributed by atoms with E-state index in [2.05, 4.69) is 22.5 Å². The number of hydrogen-bond donors (Lipinski definition) is 3. The second kappa shape index (κ2) is 15.3. The Bertz CT molecular complexity index is 1690. The molecule has 14 heteroatoms. The number of nitrogens with one attached hydrogen (secondary N) is 2. The molecule has 0 saturated heterocycles. The molecule has 1 fully saturated rings. The first kappa shape index (κ1) is 37.9. The fraction of sp³-hybridized carbons (Fsp3) is 0.486. The summed E-state index contributed by atoms with van der Waals surface area (Å²) in [6, 6.07) is 15.7. The largest absolute Gasteiger partial charge is 0.491 e. The lowest BCUT2D eigenvalue weighted by Gasteiger charge is -2.34. The van der Waals surface area contributed by atoms with E-state index in [0.717, 1.165) is 22.9 Å². The summed E-state index contributed by atoms with van der Waals surface area (Å²) in [5.74, 6) is 1.40. The summed E-state index contributed by atoms with van der Waals surface area (Å²) in [4.78, 5) is 20.4. The molecule has 1 aliphatic rings. The lowest BCUT2D eigenvalue weighted by molar-refractivity contribution is -0.137. The number of halogens is 3. The Morgan fingerprint density at radius 1 is 1.06 bits per heavy atom. The summed E-state index contributed by atoms with van der Waals surface area (Å²) in [6.07, 6.45) is -3.42. The molecule has 0 bridgehead atoms. The van der Waals surface area contributed by atoms with Gasteiger partial charge in [0.15, 0.2) is 0 Å². The summed E-state index contributed by atoms with van der Waals surface area (Å²) in [5, 5.41) is 16.8. The van der Waals surface area contributed by atoms with Gasteiger partial charge in [0, 0.05) is 39.3 Å². The first-order valence-electron chi connectivity index (χ1n) is 16.2. The minimum atomic E-state index is -4.49. The molecule has 49 heavy (non-hydrogen) atoms. The highest BCUT2D eigenvalue weighted by Crippen LogP contribution is 2.39. The first-order valence-corrected chi connectivity index (χ1v) is 17.7. The van der Waals surface area contributed by atoms with Crippen LogP contribution in [0.25, 0.3) is 0 Å². The number of pyridine rings is 1. The van der Waals surface area contributed by atoms with Crippen LogP contribution < -0.4 is 24.6 Å². The van der Waals surface area contributed by atoms with Gasteiger partial charge in [-0.1, -0.05) is 43.3 Å². The molecular formula is C35H46F3N5O5S. The SMILES string of the molecule is CC(C)S(=O)(=O)N(C)c1cc(C(=O)N[C@@H](COc2ccccc2)C(C)(O)CNCc2cccc(C(F)(F)F)c2)cc(N(C)C[C@H]2C[C@@H]2C)n1. The zero-order valence-corrected chi connectivity index (χ0v) is 29.5. The number of rotatable bonds is 16. The maximum Gasteiger partial charge on any atom is 0.416 e. The van der Waals surface area contributed by atoms with Gasteiger partial charge in [-0.15, -0.1) is 0 Å². The number of carbonyl (C=O) groups excluding carboxylic acids is 1. The van der Waals surface area contributed by atoms with Crippen molar-refractivity contribution in [2.24, 2.45) is 11.8 Å². The van der Waals surface area contributed by atoms with Crippen LogP contribution in [0, 0.1) is 11.8 Å². The van der Waals surface area contributed by atoms with Crippen molar-refractivity contribution in [1.82, 2.24) is 15.6 Å². The van der Waals surface area contributed by atoms with Crippen LogP contribution in [0.1, 0.15) is 55.6 Å². The summed E-state index contributed by atoms with van der Waals surface area (Å²) in [6.45, 7) is 7.20. The molecule has 1 heterocycles. The van der Waals surface area contributed by atoms with E-state index in [1.165, 1.54) is 26.1 Å². The first-order chi connectivity index (χ1) is 22.9. The monoisotopic (exact) mass is 705 g/mol. The van der Waals surface area contributed by atoms with Crippen molar-refractivity contribution < 1.29 is 36.2 Å². The van der Waals surface area contributed by atoms with E-state index in [4.69, 9.17) is 4.74 Å². The average molecular weight is 706 g/mol. The van der Waals surface area contributed by atoms with Crippen molar-refractivity contribution >= 4 is 27.6 Å². The Kier molecular flexibility index (Phi) is 11.9. The number of carbonyl (C=O) groups is 1. The molecule has 0 aliphatic heterocycles. The molecule has 1 unspecified atom stereocenters. The van der Waals surface area contributed by atoms with Gasteiger partial charge in [-0.25, -0.2) is 13.4 Å². The summed E-state index contributed by atoms with van der Waals surface area (Å²) >= 11 is 0. The van der Waals surface area contributed by atoms with E-state index in [-0.39, 0.29) is 31.1 Å². The molecule has 1 aromatic heterocycles. The van der Waals surface area contributed by atoms with Crippen LogP contribution in [0.2, 0.25) is 0 Å². The normalized spacial score (nSPS) is 18.0. The van der Waals surface area contributed by atoms with Crippen LogP contribution in [0.4, 0.5) is 24.8 Å². The second-order valence-corrected chi connectivity index (χ2v) is 15.8. The molecular weight excluding hydrogens is 659 g/mol. The topological polar surface area (TPSA) is 124 Å². The standard InChI is InChI=1S/C35H46F3N5O5S/c1-23(2)49(46,47)43(6)32-18-26(17-31(41-32)42(5)20-27-15-24(27)3)33(44)40-30(21-48-29-13-8-7-9-14-29)34(4,45)22-39-19-25-11-10-12-28(16-25)35(36,37)38/h7-14,16-18,23-24,27,30,39,45H,15,19-22H2,1-6H3,(H,40,44)/t24-,27+,30-,34?/m0/s1. The van der Waals surface area contributed by atoms with Gasteiger partial charge in [-0.3, -0.25) is 9.10 Å². The minimum absolute atomic E-state index is 0.0277. The molecule has 1 aliphatic carbocycles. The molecule has 10 nitrogen and oxygen atoms in total. The van der Waals surface area contributed by atoms with Gasteiger partial charge in [0.1, 0.15) is 24.0 Å². The van der Waals surface area contributed by atoms with Crippen LogP contribution in [0.5, 0.6) is 5.75 Å². The quantitative estimate of drug-likeness (QED) is 0.189. The van der Waals surface area contributed by atoms with Crippen LogP contribution >= 0.6 is 0 Å². The van der Waals surface area contributed by atoms with Crippen molar-refractivity contribution in [2.75, 3.05) is 43.0 Å². The fourth-order valence-electron chi connectivity index (χ4n) is 5.29. The Hall–Kier alpha value is -3.88. The third kappa shape index (κ3) is 10.1. The van der Waals surface area contributed by atoms with Crippen LogP contribution in [-0.2, 0) is 22.7 Å². The molecule has 1 amide bonds. The van der Waals surface area contributed by atoms with Crippen molar-refractivity contribution in [3.8, 4) is 5.75 Å². The van der Waals surface area contributed by atoms with Gasteiger partial charge >= 0.3 is 6.18 Å². The zero-order valence-electron chi connectivity index (χ0n) is 28.7. The van der Waals surface area contributed by atoms with Gasteiger partial charge in [-0.05, 0) is 74.9 Å². The van der Waals surface area contributed by atoms with Crippen LogP contribution in [-0.4, -0.2) is 75.1 Å². The number of aromatic nitrogens is 1. The van der Waals surface area contributed by atoms with Gasteiger partial charge in [-0.2, -0.15) is 13.2 Å². The zero-order chi connectivity index (χ0) is 36.1. The van der Waals surface area contributed by atoms with Gasteiger partial charge in [0.2, 0.25) is 10.0 Å². The van der Waals surface area contributed by atoms with E-state index in [9.17, 15) is 31.5 Å². The maximum absolute atomic E-state index is 13.9.